The van der Waals surface area contributed by atoms with Crippen LogP contribution in [0.2, 0.25) is 0 Å². The first kappa shape index (κ1) is 16.7. The molecule has 0 spiro atoms. The van der Waals surface area contributed by atoms with E-state index < -0.39 is 5.97 Å². The van der Waals surface area contributed by atoms with Gasteiger partial charge in [0.15, 0.2) is 11.5 Å². The maximum atomic E-state index is 12.4. The van der Waals surface area contributed by atoms with Crippen LogP contribution in [-0.2, 0) is 11.3 Å². The van der Waals surface area contributed by atoms with Gasteiger partial charge in [0.2, 0.25) is 5.75 Å². The van der Waals surface area contributed by atoms with Gasteiger partial charge in [-0.2, -0.15) is 0 Å². The van der Waals surface area contributed by atoms with E-state index in [2.05, 4.69) is 5.16 Å². The van der Waals surface area contributed by atoms with Gasteiger partial charge >= 0.3 is 5.97 Å². The fraction of sp³-hybridized carbons (Fsp3) is 0.375. The van der Waals surface area contributed by atoms with E-state index in [1.165, 1.54) is 21.3 Å². The van der Waals surface area contributed by atoms with Crippen LogP contribution in [-0.4, -0.2) is 32.5 Å². The molecule has 0 saturated carbocycles. The Labute approximate surface area is 134 Å². The summed E-state index contributed by atoms with van der Waals surface area (Å²) in [5.41, 5.74) is 1.68. The molecule has 0 unspecified atom stereocenters. The molecule has 0 aliphatic carbocycles. The van der Waals surface area contributed by atoms with E-state index in [-0.39, 0.29) is 17.9 Å². The highest BCUT2D eigenvalue weighted by Gasteiger charge is 2.22. The lowest BCUT2D eigenvalue weighted by atomic mass is 10.1. The normalized spacial score (nSPS) is 10.3. The van der Waals surface area contributed by atoms with Gasteiger partial charge in [-0.1, -0.05) is 5.16 Å². The molecule has 0 amide bonds. The van der Waals surface area contributed by atoms with Crippen LogP contribution in [0, 0.1) is 13.8 Å². The van der Waals surface area contributed by atoms with Crippen molar-refractivity contribution in [2.75, 3.05) is 21.3 Å². The quantitative estimate of drug-likeness (QED) is 0.757. The molecule has 0 radical (unpaired) electrons. The SMILES string of the molecule is COc1ccc(C(=O)OCc2c(C)noc2C)c(OC)c1OC. The molecule has 0 bridgehead atoms. The molecule has 1 aromatic carbocycles. The number of ether oxygens (including phenoxy) is 4. The first-order valence-corrected chi connectivity index (χ1v) is 6.91. The Bertz CT molecular complexity index is 687. The Morgan fingerprint density at radius 2 is 1.78 bits per heavy atom. The molecule has 0 atom stereocenters. The summed E-state index contributed by atoms with van der Waals surface area (Å²) in [6.45, 7) is 3.62. The Morgan fingerprint density at radius 3 is 2.30 bits per heavy atom. The van der Waals surface area contributed by atoms with E-state index >= 15 is 0 Å². The van der Waals surface area contributed by atoms with E-state index in [0.29, 0.717) is 23.0 Å². The number of rotatable bonds is 6. The summed E-state index contributed by atoms with van der Waals surface area (Å²) >= 11 is 0. The van der Waals surface area contributed by atoms with Crippen molar-refractivity contribution in [1.29, 1.82) is 0 Å². The fourth-order valence-corrected chi connectivity index (χ4v) is 2.19. The lowest BCUT2D eigenvalue weighted by Gasteiger charge is -2.15. The van der Waals surface area contributed by atoms with Crippen LogP contribution in [0.1, 0.15) is 27.4 Å². The Kier molecular flexibility index (Phi) is 5.10. The largest absolute Gasteiger partial charge is 0.493 e. The van der Waals surface area contributed by atoms with Gasteiger partial charge in [0, 0.05) is 0 Å². The van der Waals surface area contributed by atoms with Crippen molar-refractivity contribution in [3.8, 4) is 17.2 Å². The molecule has 23 heavy (non-hydrogen) atoms. The number of aryl methyl sites for hydroxylation is 2. The lowest BCUT2D eigenvalue weighted by Crippen LogP contribution is -2.09. The van der Waals surface area contributed by atoms with Crippen LogP contribution in [0.4, 0.5) is 0 Å². The molecule has 2 aromatic rings. The molecule has 1 aromatic heterocycles. The van der Waals surface area contributed by atoms with Crippen LogP contribution in [0.3, 0.4) is 0 Å². The van der Waals surface area contributed by atoms with E-state index in [1.807, 2.05) is 0 Å². The van der Waals surface area contributed by atoms with E-state index in [1.54, 1.807) is 26.0 Å². The number of aromatic nitrogens is 1. The van der Waals surface area contributed by atoms with E-state index in [4.69, 9.17) is 23.5 Å². The Balaban J connectivity index is 2.25. The van der Waals surface area contributed by atoms with Gasteiger partial charge in [0.1, 0.15) is 17.9 Å². The summed E-state index contributed by atoms with van der Waals surface area (Å²) in [6, 6.07) is 3.18. The molecule has 2 rings (SSSR count). The minimum absolute atomic E-state index is 0.0670. The number of hydrogen-bond donors (Lipinski definition) is 0. The minimum atomic E-state index is -0.539. The van der Waals surface area contributed by atoms with Crippen molar-refractivity contribution < 1.29 is 28.3 Å². The van der Waals surface area contributed by atoms with E-state index in [0.717, 1.165) is 5.56 Å². The molecule has 0 N–H and O–H groups in total. The molecular formula is C16H19NO6. The zero-order chi connectivity index (χ0) is 17.0. The van der Waals surface area contributed by atoms with Crippen LogP contribution in [0.25, 0.3) is 0 Å². The molecule has 124 valence electrons. The highest BCUT2D eigenvalue weighted by atomic mass is 16.5. The topological polar surface area (TPSA) is 80.0 Å². The first-order valence-electron chi connectivity index (χ1n) is 6.91. The standard InChI is InChI=1S/C16H19NO6/c1-9-12(10(2)23-17-9)8-22-16(18)11-6-7-13(19-3)15(21-5)14(11)20-4/h6-7H,8H2,1-5H3. The number of carbonyl (C=O) groups is 1. The van der Waals surface area contributed by atoms with Gasteiger partial charge in [0.05, 0.1) is 32.6 Å². The molecule has 7 heteroatoms. The van der Waals surface area contributed by atoms with Crippen LogP contribution in [0.5, 0.6) is 17.2 Å². The van der Waals surface area contributed by atoms with Crippen molar-refractivity contribution in [2.45, 2.75) is 20.5 Å². The number of carbonyl (C=O) groups excluding carboxylic acids is 1. The number of methoxy groups -OCH3 is 3. The predicted molar refractivity (Wildman–Crippen MR) is 81.2 cm³/mol. The number of esters is 1. The van der Waals surface area contributed by atoms with Crippen LogP contribution >= 0.6 is 0 Å². The molecule has 0 aliphatic rings. The van der Waals surface area contributed by atoms with Crippen LogP contribution < -0.4 is 14.2 Å². The average molecular weight is 321 g/mol. The minimum Gasteiger partial charge on any atom is -0.493 e. The average Bonchev–Trinajstić information content (AvgIpc) is 2.89. The highest BCUT2D eigenvalue weighted by Crippen LogP contribution is 2.40. The second-order valence-corrected chi connectivity index (χ2v) is 4.76. The molecule has 7 nitrogen and oxygen atoms in total. The maximum Gasteiger partial charge on any atom is 0.342 e. The molecule has 0 fully saturated rings. The van der Waals surface area contributed by atoms with Crippen LogP contribution in [0.15, 0.2) is 16.7 Å². The van der Waals surface area contributed by atoms with Gasteiger partial charge in [-0.05, 0) is 26.0 Å². The summed E-state index contributed by atoms with van der Waals surface area (Å²) < 4.78 is 26.1. The zero-order valence-corrected chi connectivity index (χ0v) is 13.8. The summed E-state index contributed by atoms with van der Waals surface area (Å²) in [5, 5.41) is 3.82. The summed E-state index contributed by atoms with van der Waals surface area (Å²) in [6.07, 6.45) is 0. The Hall–Kier alpha value is -2.70. The second kappa shape index (κ2) is 7.04. The second-order valence-electron chi connectivity index (χ2n) is 4.76. The summed E-state index contributed by atoms with van der Waals surface area (Å²) in [4.78, 5) is 12.4. The van der Waals surface area contributed by atoms with Crippen molar-refractivity contribution in [1.82, 2.24) is 5.16 Å². The third-order valence-corrected chi connectivity index (χ3v) is 3.45. The number of hydrogen-bond acceptors (Lipinski definition) is 7. The van der Waals surface area contributed by atoms with Gasteiger partial charge in [0.25, 0.3) is 0 Å². The predicted octanol–water partition coefficient (Wildman–Crippen LogP) is 2.67. The molecule has 1 heterocycles. The number of benzene rings is 1. The number of nitrogens with zero attached hydrogens (tertiary/aromatic N) is 1. The highest BCUT2D eigenvalue weighted by molar-refractivity contribution is 5.94. The zero-order valence-electron chi connectivity index (χ0n) is 13.8. The van der Waals surface area contributed by atoms with Crippen molar-refractivity contribution >= 4 is 5.97 Å². The first-order chi connectivity index (χ1) is 11.0. The lowest BCUT2D eigenvalue weighted by molar-refractivity contribution is 0.0466. The summed E-state index contributed by atoms with van der Waals surface area (Å²) in [7, 11) is 4.43. The van der Waals surface area contributed by atoms with Crippen molar-refractivity contribution in [2.24, 2.45) is 0 Å². The fourth-order valence-electron chi connectivity index (χ4n) is 2.19. The van der Waals surface area contributed by atoms with Gasteiger partial charge in [-0.15, -0.1) is 0 Å². The monoisotopic (exact) mass is 321 g/mol. The van der Waals surface area contributed by atoms with Gasteiger partial charge in [-0.25, -0.2) is 4.79 Å². The summed E-state index contributed by atoms with van der Waals surface area (Å²) in [5.74, 6) is 1.14. The van der Waals surface area contributed by atoms with E-state index in [9.17, 15) is 4.79 Å². The maximum absolute atomic E-state index is 12.4. The van der Waals surface area contributed by atoms with Crippen molar-refractivity contribution in [3.63, 3.8) is 0 Å². The third-order valence-electron chi connectivity index (χ3n) is 3.45. The Morgan fingerprint density at radius 1 is 1.09 bits per heavy atom. The molecular weight excluding hydrogens is 302 g/mol. The molecule has 0 aliphatic heterocycles. The van der Waals surface area contributed by atoms with Gasteiger partial charge in [-0.3, -0.25) is 0 Å². The molecule has 0 saturated heterocycles. The van der Waals surface area contributed by atoms with Gasteiger partial charge < -0.3 is 23.5 Å². The van der Waals surface area contributed by atoms with Crippen molar-refractivity contribution in [3.05, 3.63) is 34.7 Å². The third kappa shape index (κ3) is 3.23. The smallest absolute Gasteiger partial charge is 0.342 e.